The van der Waals surface area contributed by atoms with E-state index in [1.54, 1.807) is 0 Å². The number of likely N-dealkylation sites (N-methyl/N-ethyl adjacent to an activating group) is 1. The van der Waals surface area contributed by atoms with E-state index in [1.807, 2.05) is 55.4 Å². The van der Waals surface area contributed by atoms with Gasteiger partial charge in [0.25, 0.3) is 5.91 Å². The summed E-state index contributed by atoms with van der Waals surface area (Å²) in [6.07, 6.45) is 0. The van der Waals surface area contributed by atoms with Crippen LogP contribution < -0.4 is 16.0 Å². The molecule has 7 heteroatoms. The topological polar surface area (TPSA) is 89.5 Å². The van der Waals surface area contributed by atoms with Crippen LogP contribution in [0.4, 0.5) is 5.69 Å². The number of hydrogen-bond acceptors (Lipinski definition) is 6. The minimum Gasteiger partial charge on any atom is -0.395 e. The molecule has 0 unspecified atom stereocenters. The molecule has 29 heavy (non-hydrogen) atoms. The summed E-state index contributed by atoms with van der Waals surface area (Å²) in [4.78, 5) is 19.6. The van der Waals surface area contributed by atoms with Gasteiger partial charge in [0.05, 0.1) is 23.2 Å². The van der Waals surface area contributed by atoms with Crippen LogP contribution in [0.25, 0.3) is 21.8 Å². The average Bonchev–Trinajstić information content (AvgIpc) is 2.71. The molecule has 3 aromatic rings. The molecule has 0 saturated heterocycles. The molecule has 2 aromatic carbocycles. The Kier molecular flexibility index (Phi) is 7.35. The first kappa shape index (κ1) is 21.0. The smallest absolute Gasteiger partial charge is 0.253 e. The van der Waals surface area contributed by atoms with Gasteiger partial charge in [0, 0.05) is 49.2 Å². The Bertz CT molecular complexity index is 974. The fourth-order valence-corrected chi connectivity index (χ4v) is 3.18. The van der Waals surface area contributed by atoms with Crippen molar-refractivity contribution < 1.29 is 9.90 Å². The molecular weight excluding hydrogens is 366 g/mol. The van der Waals surface area contributed by atoms with Crippen molar-refractivity contribution in [3.63, 3.8) is 0 Å². The molecule has 1 amide bonds. The first-order valence-corrected chi connectivity index (χ1v) is 9.91. The third kappa shape index (κ3) is 5.41. The predicted molar refractivity (Wildman–Crippen MR) is 119 cm³/mol. The highest BCUT2D eigenvalue weighted by Gasteiger charge is 2.15. The maximum atomic E-state index is 12.8. The Morgan fingerprint density at radius 2 is 1.90 bits per heavy atom. The van der Waals surface area contributed by atoms with Gasteiger partial charge in [-0.05, 0) is 38.4 Å². The van der Waals surface area contributed by atoms with Crippen molar-refractivity contribution in [3.8, 4) is 0 Å². The van der Waals surface area contributed by atoms with Crippen molar-refractivity contribution in [2.75, 3.05) is 58.7 Å². The van der Waals surface area contributed by atoms with Gasteiger partial charge in [-0.2, -0.15) is 0 Å². The predicted octanol–water partition coefficient (Wildman–Crippen LogP) is 1.67. The van der Waals surface area contributed by atoms with Crippen LogP contribution in [0.2, 0.25) is 0 Å². The summed E-state index contributed by atoms with van der Waals surface area (Å²) in [7, 11) is 3.95. The first-order chi connectivity index (χ1) is 14.1. The first-order valence-electron chi connectivity index (χ1n) is 9.91. The number of nitrogens with zero attached hydrogens (tertiary/aromatic N) is 2. The standard InChI is InChI=1S/C22H29N5O2/c1-27(2)13-11-25-22(29)17-7-8-20(24-10-9-23-12-14-28)18-15-16-5-3-4-6-19(16)26-21(17)18/h3-8,15,23-24,28H,9-14H2,1-2H3,(H,25,29). The molecule has 4 N–H and O–H groups in total. The summed E-state index contributed by atoms with van der Waals surface area (Å²) in [5.41, 5.74) is 3.07. The van der Waals surface area contributed by atoms with Crippen molar-refractivity contribution >= 4 is 33.4 Å². The molecule has 0 bridgehead atoms. The number of amides is 1. The summed E-state index contributed by atoms with van der Waals surface area (Å²) in [6.45, 7) is 3.49. The summed E-state index contributed by atoms with van der Waals surface area (Å²) >= 11 is 0. The maximum absolute atomic E-state index is 12.8. The van der Waals surface area contributed by atoms with Gasteiger partial charge in [0.15, 0.2) is 0 Å². The van der Waals surface area contributed by atoms with Crippen molar-refractivity contribution in [1.82, 2.24) is 20.5 Å². The van der Waals surface area contributed by atoms with Crippen LogP contribution in [-0.4, -0.2) is 74.3 Å². The Hall–Kier alpha value is -2.74. The van der Waals surface area contributed by atoms with Gasteiger partial charge in [-0.1, -0.05) is 18.2 Å². The highest BCUT2D eigenvalue weighted by Crippen LogP contribution is 2.29. The van der Waals surface area contributed by atoms with Crippen molar-refractivity contribution in [2.45, 2.75) is 0 Å². The van der Waals surface area contributed by atoms with Crippen LogP contribution in [0.5, 0.6) is 0 Å². The van der Waals surface area contributed by atoms with Crippen molar-refractivity contribution in [3.05, 3.63) is 48.0 Å². The van der Waals surface area contributed by atoms with Gasteiger partial charge in [0.1, 0.15) is 0 Å². The molecular formula is C22H29N5O2. The van der Waals surface area contributed by atoms with Crippen molar-refractivity contribution in [2.24, 2.45) is 0 Å². The lowest BCUT2D eigenvalue weighted by atomic mass is 10.0. The van der Waals surface area contributed by atoms with E-state index in [4.69, 9.17) is 10.1 Å². The summed E-state index contributed by atoms with van der Waals surface area (Å²) in [5.74, 6) is -0.115. The summed E-state index contributed by atoms with van der Waals surface area (Å²) in [6, 6.07) is 13.8. The van der Waals surface area contributed by atoms with E-state index >= 15 is 0 Å². The Morgan fingerprint density at radius 3 is 2.69 bits per heavy atom. The molecule has 0 spiro atoms. The second kappa shape index (κ2) is 10.2. The van der Waals surface area contributed by atoms with Gasteiger partial charge in [0.2, 0.25) is 0 Å². The van der Waals surface area contributed by atoms with Crippen LogP contribution in [0.1, 0.15) is 10.4 Å². The Balaban J connectivity index is 1.92. The zero-order valence-corrected chi connectivity index (χ0v) is 17.0. The maximum Gasteiger partial charge on any atom is 0.253 e. The molecule has 0 fully saturated rings. The number of aliphatic hydroxyl groups is 1. The van der Waals surface area contributed by atoms with E-state index in [0.717, 1.165) is 35.1 Å². The molecule has 3 rings (SSSR count). The number of para-hydroxylation sites is 1. The van der Waals surface area contributed by atoms with Crippen LogP contribution in [-0.2, 0) is 0 Å². The number of fused-ring (bicyclic) bond motifs is 2. The SMILES string of the molecule is CN(C)CCNC(=O)c1ccc(NCCNCCO)c2cc3ccccc3nc12. The molecule has 154 valence electrons. The molecule has 1 aromatic heterocycles. The average molecular weight is 396 g/mol. The van der Waals surface area contributed by atoms with Gasteiger partial charge in [-0.15, -0.1) is 0 Å². The number of pyridine rings is 1. The molecule has 7 nitrogen and oxygen atoms in total. The zero-order valence-electron chi connectivity index (χ0n) is 17.0. The monoisotopic (exact) mass is 395 g/mol. The number of carbonyl (C=O) groups is 1. The lowest BCUT2D eigenvalue weighted by molar-refractivity contribution is 0.0952. The van der Waals surface area contributed by atoms with E-state index in [1.165, 1.54) is 0 Å². The number of benzene rings is 2. The van der Waals surface area contributed by atoms with Gasteiger partial charge < -0.3 is 26.0 Å². The van der Waals surface area contributed by atoms with E-state index in [9.17, 15) is 4.79 Å². The lowest BCUT2D eigenvalue weighted by Gasteiger charge is -2.15. The molecule has 0 atom stereocenters. The molecule has 0 saturated carbocycles. The van der Waals surface area contributed by atoms with E-state index in [-0.39, 0.29) is 12.5 Å². The number of rotatable bonds is 10. The normalized spacial score (nSPS) is 11.3. The minimum atomic E-state index is -0.115. The number of carbonyl (C=O) groups excluding carboxylic acids is 1. The largest absolute Gasteiger partial charge is 0.395 e. The fraction of sp³-hybridized carbons (Fsp3) is 0.364. The van der Waals surface area contributed by atoms with Gasteiger partial charge in [-0.3, -0.25) is 4.79 Å². The van der Waals surface area contributed by atoms with Crippen LogP contribution in [0.15, 0.2) is 42.5 Å². The minimum absolute atomic E-state index is 0.115. The van der Waals surface area contributed by atoms with Gasteiger partial charge >= 0.3 is 0 Å². The molecule has 0 radical (unpaired) electrons. The van der Waals surface area contributed by atoms with Crippen LogP contribution >= 0.6 is 0 Å². The molecule has 0 aliphatic carbocycles. The van der Waals surface area contributed by atoms with Crippen molar-refractivity contribution in [1.29, 1.82) is 0 Å². The lowest BCUT2D eigenvalue weighted by Crippen LogP contribution is -2.31. The third-order valence-electron chi connectivity index (χ3n) is 4.68. The summed E-state index contributed by atoms with van der Waals surface area (Å²) < 4.78 is 0. The molecule has 0 aliphatic heterocycles. The second-order valence-electron chi connectivity index (χ2n) is 7.20. The highest BCUT2D eigenvalue weighted by molar-refractivity contribution is 6.11. The van der Waals surface area contributed by atoms with E-state index < -0.39 is 0 Å². The quantitative estimate of drug-likeness (QED) is 0.309. The van der Waals surface area contributed by atoms with Crippen LogP contribution in [0.3, 0.4) is 0 Å². The van der Waals surface area contributed by atoms with Gasteiger partial charge in [-0.25, -0.2) is 4.98 Å². The number of hydrogen-bond donors (Lipinski definition) is 4. The third-order valence-corrected chi connectivity index (χ3v) is 4.68. The molecule has 0 aliphatic rings. The van der Waals surface area contributed by atoms with E-state index in [0.29, 0.717) is 30.7 Å². The fourth-order valence-electron chi connectivity index (χ4n) is 3.18. The highest BCUT2D eigenvalue weighted by atomic mass is 16.3. The Labute approximate surface area is 171 Å². The zero-order chi connectivity index (χ0) is 20.6. The molecule has 1 heterocycles. The number of anilines is 1. The number of nitrogens with one attached hydrogen (secondary N) is 3. The second-order valence-corrected chi connectivity index (χ2v) is 7.20. The Morgan fingerprint density at radius 1 is 1.07 bits per heavy atom. The summed E-state index contributed by atoms with van der Waals surface area (Å²) in [5, 5.41) is 20.4. The number of aliphatic hydroxyl groups excluding tert-OH is 1. The van der Waals surface area contributed by atoms with E-state index in [2.05, 4.69) is 22.0 Å². The number of aromatic nitrogens is 1. The van der Waals surface area contributed by atoms with Crippen LogP contribution in [0, 0.1) is 0 Å².